The highest BCUT2D eigenvalue weighted by molar-refractivity contribution is 5.96. The highest BCUT2D eigenvalue weighted by atomic mass is 16.5. The first-order valence-corrected chi connectivity index (χ1v) is 12.1. The summed E-state index contributed by atoms with van der Waals surface area (Å²) in [6, 6.07) is 20.8. The molecule has 4 rings (SSSR count). The Morgan fingerprint density at radius 2 is 1.86 bits per heavy atom. The molecule has 1 aliphatic rings. The molecule has 3 aromatic carbocycles. The first-order valence-electron chi connectivity index (χ1n) is 12.1. The Morgan fingerprint density at radius 1 is 1.08 bits per heavy atom. The molecule has 0 radical (unpaired) electrons. The monoisotopic (exact) mass is 488 g/mol. The van der Waals surface area contributed by atoms with Crippen LogP contribution in [0.2, 0.25) is 0 Å². The number of nitrogens with one attached hydrogen (secondary N) is 1. The average Bonchev–Trinajstić information content (AvgIpc) is 3.01. The summed E-state index contributed by atoms with van der Waals surface area (Å²) >= 11 is 0. The molecule has 0 unspecified atom stereocenters. The fraction of sp³-hybridized carbons (Fsp3) is 0.310. The largest absolute Gasteiger partial charge is 0.497 e. The molecule has 7 nitrogen and oxygen atoms in total. The summed E-state index contributed by atoms with van der Waals surface area (Å²) < 4.78 is 16.8. The van der Waals surface area contributed by atoms with Gasteiger partial charge in [-0.05, 0) is 49.2 Å². The van der Waals surface area contributed by atoms with Gasteiger partial charge in [0.05, 0.1) is 20.1 Å². The summed E-state index contributed by atoms with van der Waals surface area (Å²) in [7, 11) is 3.19. The lowest BCUT2D eigenvalue weighted by Gasteiger charge is -2.23. The van der Waals surface area contributed by atoms with Crippen molar-refractivity contribution in [3.05, 3.63) is 83.4 Å². The van der Waals surface area contributed by atoms with Gasteiger partial charge in [-0.2, -0.15) is 0 Å². The van der Waals surface area contributed by atoms with Crippen LogP contribution in [0.5, 0.6) is 17.2 Å². The van der Waals surface area contributed by atoms with E-state index in [2.05, 4.69) is 5.32 Å². The number of fused-ring (bicyclic) bond motifs is 1. The summed E-state index contributed by atoms with van der Waals surface area (Å²) in [5, 5.41) is 3.05. The average molecular weight is 489 g/mol. The van der Waals surface area contributed by atoms with Crippen LogP contribution in [0.3, 0.4) is 0 Å². The van der Waals surface area contributed by atoms with Crippen molar-refractivity contribution in [3.8, 4) is 17.2 Å². The van der Waals surface area contributed by atoms with Crippen molar-refractivity contribution in [2.45, 2.75) is 45.4 Å². The number of ether oxygens (including phenoxy) is 3. The van der Waals surface area contributed by atoms with Gasteiger partial charge in [-0.3, -0.25) is 9.59 Å². The second-order valence-corrected chi connectivity index (χ2v) is 8.82. The van der Waals surface area contributed by atoms with Gasteiger partial charge in [0.1, 0.15) is 17.2 Å². The van der Waals surface area contributed by atoms with Gasteiger partial charge in [0, 0.05) is 36.0 Å². The maximum atomic E-state index is 13.2. The van der Waals surface area contributed by atoms with Gasteiger partial charge < -0.3 is 24.4 Å². The Labute approximate surface area is 212 Å². The third kappa shape index (κ3) is 5.46. The van der Waals surface area contributed by atoms with E-state index in [1.807, 2.05) is 67.6 Å². The summed E-state index contributed by atoms with van der Waals surface area (Å²) in [5.74, 6) is 1.52. The summed E-state index contributed by atoms with van der Waals surface area (Å²) in [5.41, 5.74) is 3.33. The third-order valence-electron chi connectivity index (χ3n) is 6.43. The van der Waals surface area contributed by atoms with Crippen LogP contribution in [0.4, 0.5) is 5.69 Å². The zero-order chi connectivity index (χ0) is 25.7. The molecule has 7 heteroatoms. The quantitative estimate of drug-likeness (QED) is 0.475. The molecule has 3 aromatic rings. The van der Waals surface area contributed by atoms with Gasteiger partial charge in [-0.1, -0.05) is 37.3 Å². The Bertz CT molecular complexity index is 1230. The molecule has 1 heterocycles. The number of nitrogens with zero attached hydrogens (tertiary/aromatic N) is 1. The second-order valence-electron chi connectivity index (χ2n) is 8.82. The zero-order valence-electron chi connectivity index (χ0n) is 21.1. The second kappa shape index (κ2) is 11.2. The van der Waals surface area contributed by atoms with E-state index in [-0.39, 0.29) is 17.7 Å². The van der Waals surface area contributed by atoms with E-state index < -0.39 is 6.10 Å². The molecular weight excluding hydrogens is 456 g/mol. The molecule has 1 aliphatic heterocycles. The standard InChI is InChI=1S/C29H32N2O5/c1-5-25(20-9-7-6-8-10-20)28(32)30-23-12-14-26-22(15-23)18-31(29(33)19(2)36-26)17-21-11-13-24(34-3)16-27(21)35-4/h6-16,19,25H,5,17-18H2,1-4H3,(H,30,32)/t19-,25+/m0/s1. The molecule has 0 saturated heterocycles. The number of benzene rings is 3. The van der Waals surface area contributed by atoms with Crippen molar-refractivity contribution < 1.29 is 23.8 Å². The molecule has 0 spiro atoms. The maximum Gasteiger partial charge on any atom is 0.263 e. The number of hydrogen-bond donors (Lipinski definition) is 1. The van der Waals surface area contributed by atoms with E-state index in [1.54, 1.807) is 32.1 Å². The molecule has 2 atom stereocenters. The number of carbonyl (C=O) groups is 2. The summed E-state index contributed by atoms with van der Waals surface area (Å²) in [6.45, 7) is 4.44. The minimum atomic E-state index is -0.640. The van der Waals surface area contributed by atoms with Crippen LogP contribution in [0, 0.1) is 0 Å². The normalized spacial score (nSPS) is 15.8. The van der Waals surface area contributed by atoms with Gasteiger partial charge >= 0.3 is 0 Å². The first kappa shape index (κ1) is 25.1. The number of rotatable bonds is 8. The molecule has 0 aromatic heterocycles. The Kier molecular flexibility index (Phi) is 7.78. The lowest BCUT2D eigenvalue weighted by molar-refractivity contribution is -0.138. The van der Waals surface area contributed by atoms with E-state index in [9.17, 15) is 9.59 Å². The highest BCUT2D eigenvalue weighted by Gasteiger charge is 2.29. The number of methoxy groups -OCH3 is 2. The minimum absolute atomic E-state index is 0.0672. The molecule has 0 bridgehead atoms. The van der Waals surface area contributed by atoms with Crippen molar-refractivity contribution in [1.82, 2.24) is 4.90 Å². The number of amides is 2. The SMILES string of the molecule is CC[C@@H](C(=O)Nc1ccc2c(c1)CN(Cc1ccc(OC)cc1OC)C(=O)[C@H](C)O2)c1ccccc1. The fourth-order valence-electron chi connectivity index (χ4n) is 4.49. The zero-order valence-corrected chi connectivity index (χ0v) is 21.1. The Balaban J connectivity index is 1.57. The topological polar surface area (TPSA) is 77.1 Å². The van der Waals surface area contributed by atoms with E-state index in [1.165, 1.54) is 0 Å². The van der Waals surface area contributed by atoms with E-state index in [4.69, 9.17) is 14.2 Å². The van der Waals surface area contributed by atoms with E-state index in [0.717, 1.165) is 16.7 Å². The van der Waals surface area contributed by atoms with Crippen LogP contribution >= 0.6 is 0 Å². The van der Waals surface area contributed by atoms with Gasteiger partial charge in [0.2, 0.25) is 5.91 Å². The number of carbonyl (C=O) groups excluding carboxylic acids is 2. The first-order chi connectivity index (χ1) is 17.4. The molecule has 1 N–H and O–H groups in total. The van der Waals surface area contributed by atoms with Gasteiger partial charge in [0.25, 0.3) is 5.91 Å². The molecule has 2 amide bonds. The molecule has 0 saturated carbocycles. The smallest absolute Gasteiger partial charge is 0.263 e. The predicted octanol–water partition coefficient (Wildman–Crippen LogP) is 5.15. The van der Waals surface area contributed by atoms with Crippen molar-refractivity contribution in [2.75, 3.05) is 19.5 Å². The number of hydrogen-bond acceptors (Lipinski definition) is 5. The molecule has 36 heavy (non-hydrogen) atoms. The van der Waals surface area contributed by atoms with Crippen LogP contribution in [-0.2, 0) is 22.7 Å². The van der Waals surface area contributed by atoms with Crippen molar-refractivity contribution in [2.24, 2.45) is 0 Å². The van der Waals surface area contributed by atoms with Crippen LogP contribution in [0.15, 0.2) is 66.7 Å². The van der Waals surface area contributed by atoms with Gasteiger partial charge in [0.15, 0.2) is 6.10 Å². The molecule has 188 valence electrons. The van der Waals surface area contributed by atoms with Crippen LogP contribution in [0.25, 0.3) is 0 Å². The van der Waals surface area contributed by atoms with E-state index >= 15 is 0 Å². The molecule has 0 fully saturated rings. The summed E-state index contributed by atoms with van der Waals surface area (Å²) in [6.07, 6.45) is 0.0476. The van der Waals surface area contributed by atoms with Crippen molar-refractivity contribution in [1.29, 1.82) is 0 Å². The van der Waals surface area contributed by atoms with Gasteiger partial charge in [-0.25, -0.2) is 0 Å². The number of anilines is 1. The van der Waals surface area contributed by atoms with Crippen LogP contribution < -0.4 is 19.5 Å². The molecular formula is C29H32N2O5. The highest BCUT2D eigenvalue weighted by Crippen LogP contribution is 2.32. The Hall–Kier alpha value is -4.00. The minimum Gasteiger partial charge on any atom is -0.497 e. The van der Waals surface area contributed by atoms with Gasteiger partial charge in [-0.15, -0.1) is 0 Å². The third-order valence-corrected chi connectivity index (χ3v) is 6.43. The van der Waals surface area contributed by atoms with Crippen LogP contribution in [-0.4, -0.2) is 37.0 Å². The van der Waals surface area contributed by atoms with E-state index in [0.29, 0.717) is 42.4 Å². The maximum absolute atomic E-state index is 13.2. The fourth-order valence-corrected chi connectivity index (χ4v) is 4.49. The Morgan fingerprint density at radius 3 is 2.56 bits per heavy atom. The predicted molar refractivity (Wildman–Crippen MR) is 138 cm³/mol. The lowest BCUT2D eigenvalue weighted by atomic mass is 9.95. The van der Waals surface area contributed by atoms with Crippen molar-refractivity contribution in [3.63, 3.8) is 0 Å². The van der Waals surface area contributed by atoms with Crippen molar-refractivity contribution >= 4 is 17.5 Å². The summed E-state index contributed by atoms with van der Waals surface area (Å²) in [4.78, 5) is 28.0. The van der Waals surface area contributed by atoms with Crippen LogP contribution in [0.1, 0.15) is 42.9 Å². The molecule has 0 aliphatic carbocycles. The lowest BCUT2D eigenvalue weighted by Crippen LogP contribution is -2.37.